The summed E-state index contributed by atoms with van der Waals surface area (Å²) in [4.78, 5) is 21.1. The number of carbonyl (C=O) groups is 1. The lowest BCUT2D eigenvalue weighted by atomic mass is 10.1. The van der Waals surface area contributed by atoms with E-state index >= 15 is 0 Å². The van der Waals surface area contributed by atoms with Crippen molar-refractivity contribution < 1.29 is 26.4 Å². The summed E-state index contributed by atoms with van der Waals surface area (Å²) in [6.07, 6.45) is -1.48. The van der Waals surface area contributed by atoms with Crippen LogP contribution in [0.5, 0.6) is 0 Å². The Labute approximate surface area is 202 Å². The lowest BCUT2D eigenvalue weighted by Gasteiger charge is -2.17. The van der Waals surface area contributed by atoms with E-state index in [1.807, 2.05) is 13.8 Å². The number of hydrogen-bond donors (Lipinski definition) is 2. The molecule has 0 aliphatic carbocycles. The van der Waals surface area contributed by atoms with Gasteiger partial charge in [-0.15, -0.1) is 5.10 Å². The van der Waals surface area contributed by atoms with Crippen LogP contribution in [0.25, 0.3) is 27.9 Å². The van der Waals surface area contributed by atoms with Crippen LogP contribution in [0, 0.1) is 0 Å². The van der Waals surface area contributed by atoms with E-state index in [4.69, 9.17) is 0 Å². The number of nitrogens with one attached hydrogen (secondary N) is 2. The Morgan fingerprint density at radius 3 is 2.69 bits per heavy atom. The largest absolute Gasteiger partial charge is 0.418 e. The van der Waals surface area contributed by atoms with E-state index in [-0.39, 0.29) is 41.1 Å². The molecule has 0 bridgehead atoms. The monoisotopic (exact) mass is 522 g/mol. The number of anilines is 1. The van der Waals surface area contributed by atoms with Crippen molar-refractivity contribution in [2.24, 2.45) is 0 Å². The maximum Gasteiger partial charge on any atom is 0.418 e. The number of para-hydroxylation sites is 1. The highest BCUT2D eigenvalue weighted by molar-refractivity contribution is 7.91. The molecule has 0 saturated carbocycles. The molecule has 1 aliphatic heterocycles. The molecular weight excluding hydrogens is 501 g/mol. The van der Waals surface area contributed by atoms with Crippen molar-refractivity contribution >= 4 is 38.2 Å². The number of benzene rings is 1. The number of fused-ring (bicyclic) bond motifs is 3. The Morgan fingerprint density at radius 1 is 1.22 bits per heavy atom. The van der Waals surface area contributed by atoms with Gasteiger partial charge in [-0.1, -0.05) is 6.07 Å². The summed E-state index contributed by atoms with van der Waals surface area (Å²) in [7, 11) is -3.60. The number of halogens is 3. The van der Waals surface area contributed by atoms with E-state index in [0.29, 0.717) is 5.56 Å². The highest BCUT2D eigenvalue weighted by Crippen LogP contribution is 2.36. The molecule has 11 nitrogen and oxygen atoms in total. The van der Waals surface area contributed by atoms with Crippen molar-refractivity contribution in [2.75, 3.05) is 23.4 Å². The second kappa shape index (κ2) is 8.43. The third-order valence-corrected chi connectivity index (χ3v) is 7.42. The lowest BCUT2D eigenvalue weighted by Crippen LogP contribution is -2.41. The highest BCUT2D eigenvalue weighted by Gasteiger charge is 2.35. The predicted molar refractivity (Wildman–Crippen MR) is 124 cm³/mol. The van der Waals surface area contributed by atoms with Crippen LogP contribution < -0.4 is 10.6 Å². The minimum atomic E-state index is -4.72. The SMILES string of the molecule is CC(C)n1cc(-c2nc3c4cccc(C(F)(F)F)c4nc(N[C@@H]4CS(=O)(=O)CCNC4=O)n3n2)cn1. The number of amides is 1. The van der Waals surface area contributed by atoms with Gasteiger partial charge in [0.05, 0.1) is 34.3 Å². The lowest BCUT2D eigenvalue weighted by molar-refractivity contribution is -0.136. The maximum absolute atomic E-state index is 13.8. The quantitative estimate of drug-likeness (QED) is 0.416. The average Bonchev–Trinajstić information content (AvgIpc) is 3.42. The standard InChI is InChI=1S/C21H21F3N8O3S/c1-11(2)31-9-12(8-26-31)17-29-18-13-4-3-5-14(21(22,23)24)16(13)28-20(32(18)30-17)27-15-10-36(34,35)7-6-25-19(15)33/h3-5,8-9,11,15H,6-7,10H2,1-2H3,(H,25,33)(H,27,28)/t15-/m1/s1. The Bertz CT molecular complexity index is 1590. The van der Waals surface area contributed by atoms with Gasteiger partial charge in [0.15, 0.2) is 21.3 Å². The van der Waals surface area contributed by atoms with Crippen LogP contribution in [0.4, 0.5) is 19.1 Å². The maximum atomic E-state index is 13.8. The van der Waals surface area contributed by atoms with Gasteiger partial charge in [0.2, 0.25) is 11.9 Å². The van der Waals surface area contributed by atoms with Crippen molar-refractivity contribution in [3.05, 3.63) is 36.2 Å². The Kier molecular flexibility index (Phi) is 5.61. The number of carbonyl (C=O) groups excluding carboxylic acids is 1. The topological polar surface area (TPSA) is 136 Å². The molecule has 4 heterocycles. The molecule has 1 aliphatic rings. The van der Waals surface area contributed by atoms with E-state index in [1.54, 1.807) is 10.9 Å². The molecule has 3 aromatic heterocycles. The van der Waals surface area contributed by atoms with Gasteiger partial charge in [0.25, 0.3) is 0 Å². The van der Waals surface area contributed by atoms with Crippen LogP contribution in [-0.2, 0) is 20.8 Å². The van der Waals surface area contributed by atoms with Crippen LogP contribution in [0.3, 0.4) is 0 Å². The van der Waals surface area contributed by atoms with Crippen LogP contribution in [0.1, 0.15) is 25.5 Å². The second-order valence-electron chi connectivity index (χ2n) is 8.71. The number of nitrogens with zero attached hydrogens (tertiary/aromatic N) is 6. The zero-order chi connectivity index (χ0) is 25.8. The first kappa shape index (κ1) is 24.0. The van der Waals surface area contributed by atoms with Gasteiger partial charge in [-0.05, 0) is 26.0 Å². The highest BCUT2D eigenvalue weighted by atomic mass is 32.2. The van der Waals surface area contributed by atoms with Gasteiger partial charge in [-0.2, -0.15) is 22.8 Å². The van der Waals surface area contributed by atoms with E-state index in [2.05, 4.69) is 30.8 Å². The number of sulfone groups is 1. The first-order valence-electron chi connectivity index (χ1n) is 11.0. The van der Waals surface area contributed by atoms with E-state index in [1.165, 1.54) is 22.8 Å². The third-order valence-electron chi connectivity index (χ3n) is 5.75. The van der Waals surface area contributed by atoms with Crippen molar-refractivity contribution in [3.63, 3.8) is 0 Å². The fourth-order valence-electron chi connectivity index (χ4n) is 3.94. The molecule has 36 heavy (non-hydrogen) atoms. The van der Waals surface area contributed by atoms with Crippen LogP contribution in [-0.4, -0.2) is 67.8 Å². The minimum Gasteiger partial charge on any atom is -0.353 e. The molecule has 1 fully saturated rings. The fraction of sp³-hybridized carbons (Fsp3) is 0.381. The fourth-order valence-corrected chi connectivity index (χ4v) is 5.26. The van der Waals surface area contributed by atoms with Crippen LogP contribution in [0.15, 0.2) is 30.6 Å². The molecule has 1 atom stereocenters. The molecule has 1 amide bonds. The third kappa shape index (κ3) is 4.34. The molecule has 0 radical (unpaired) electrons. The summed E-state index contributed by atoms with van der Waals surface area (Å²) in [5.41, 5.74) is -0.833. The first-order chi connectivity index (χ1) is 16.9. The van der Waals surface area contributed by atoms with Gasteiger partial charge in [-0.3, -0.25) is 9.48 Å². The molecule has 4 aromatic rings. The molecule has 190 valence electrons. The summed E-state index contributed by atoms with van der Waals surface area (Å²) in [6, 6.07) is 2.34. The molecule has 1 saturated heterocycles. The Hall–Kier alpha value is -3.75. The predicted octanol–water partition coefficient (Wildman–Crippen LogP) is 2.07. The normalized spacial score (nSPS) is 18.5. The smallest absolute Gasteiger partial charge is 0.353 e. The molecule has 15 heteroatoms. The average molecular weight is 523 g/mol. The summed E-state index contributed by atoms with van der Waals surface area (Å²) in [5.74, 6) is -1.49. The van der Waals surface area contributed by atoms with Gasteiger partial charge in [-0.25, -0.2) is 18.4 Å². The van der Waals surface area contributed by atoms with E-state index in [9.17, 15) is 26.4 Å². The van der Waals surface area contributed by atoms with Gasteiger partial charge < -0.3 is 10.6 Å². The minimum absolute atomic E-state index is 0.0535. The molecular formula is C21H21F3N8O3S. The van der Waals surface area contributed by atoms with Crippen molar-refractivity contribution in [1.82, 2.24) is 34.7 Å². The summed E-state index contributed by atoms with van der Waals surface area (Å²) < 4.78 is 68.9. The number of aromatic nitrogens is 6. The molecule has 2 N–H and O–H groups in total. The Morgan fingerprint density at radius 2 is 2.00 bits per heavy atom. The zero-order valence-electron chi connectivity index (χ0n) is 19.1. The Balaban J connectivity index is 1.72. The molecule has 1 aromatic carbocycles. The molecule has 0 spiro atoms. The van der Waals surface area contributed by atoms with Gasteiger partial charge in [0.1, 0.15) is 6.04 Å². The zero-order valence-corrected chi connectivity index (χ0v) is 19.9. The summed E-state index contributed by atoms with van der Waals surface area (Å²) in [6.45, 7) is 3.79. The summed E-state index contributed by atoms with van der Waals surface area (Å²) >= 11 is 0. The number of alkyl halides is 3. The number of rotatable bonds is 4. The second-order valence-corrected chi connectivity index (χ2v) is 10.9. The summed E-state index contributed by atoms with van der Waals surface area (Å²) in [5, 5.41) is 13.9. The molecule has 0 unspecified atom stereocenters. The van der Waals surface area contributed by atoms with Gasteiger partial charge >= 0.3 is 6.18 Å². The van der Waals surface area contributed by atoms with Crippen molar-refractivity contribution in [3.8, 4) is 11.4 Å². The van der Waals surface area contributed by atoms with Gasteiger partial charge in [0, 0.05) is 24.2 Å². The van der Waals surface area contributed by atoms with Crippen LogP contribution in [0.2, 0.25) is 0 Å². The number of hydrogen-bond acceptors (Lipinski definition) is 8. The van der Waals surface area contributed by atoms with Crippen LogP contribution >= 0.6 is 0 Å². The van der Waals surface area contributed by atoms with E-state index < -0.39 is 44.8 Å². The van der Waals surface area contributed by atoms with Crippen molar-refractivity contribution in [2.45, 2.75) is 32.1 Å². The van der Waals surface area contributed by atoms with Crippen molar-refractivity contribution in [1.29, 1.82) is 0 Å². The van der Waals surface area contributed by atoms with E-state index in [0.717, 1.165) is 6.07 Å². The first-order valence-corrected chi connectivity index (χ1v) is 12.8. The molecule has 5 rings (SSSR count).